The number of hydrogen-bond acceptors (Lipinski definition) is 2. The highest BCUT2D eigenvalue weighted by Gasteiger charge is 2.37. The quantitative estimate of drug-likeness (QED) is 0.906. The first-order chi connectivity index (χ1) is 10.6. The largest absolute Gasteiger partial charge is 0.335 e. The first-order valence-corrected chi connectivity index (χ1v) is 8.86. The van der Waals surface area contributed by atoms with Crippen molar-refractivity contribution in [2.75, 3.05) is 13.1 Å². The van der Waals surface area contributed by atoms with Crippen LogP contribution < -0.4 is 5.32 Å². The van der Waals surface area contributed by atoms with Crippen LogP contribution in [0.1, 0.15) is 37.7 Å². The van der Waals surface area contributed by atoms with Crippen LogP contribution in [0.2, 0.25) is 10.0 Å². The van der Waals surface area contributed by atoms with Crippen LogP contribution in [0, 0.1) is 0 Å². The van der Waals surface area contributed by atoms with E-state index in [2.05, 4.69) is 10.2 Å². The molecule has 0 spiro atoms. The molecule has 3 nitrogen and oxygen atoms in total. The van der Waals surface area contributed by atoms with Gasteiger partial charge in [-0.2, -0.15) is 0 Å². The van der Waals surface area contributed by atoms with Crippen LogP contribution >= 0.6 is 23.2 Å². The number of nitrogens with one attached hydrogen (secondary N) is 1. The van der Waals surface area contributed by atoms with Crippen LogP contribution in [-0.2, 0) is 11.2 Å². The SMILES string of the molecule is O=C(CCCc1ccc(Cl)c(Cl)c1)N1C2CCNCC1CC2. The van der Waals surface area contributed by atoms with Crippen molar-refractivity contribution in [3.05, 3.63) is 33.8 Å². The number of fused-ring (bicyclic) bond motifs is 2. The molecule has 5 heteroatoms. The molecule has 2 atom stereocenters. The van der Waals surface area contributed by atoms with Gasteiger partial charge in [-0.25, -0.2) is 0 Å². The Kier molecular flexibility index (Phi) is 5.27. The molecule has 2 aliphatic rings. The third kappa shape index (κ3) is 3.58. The first kappa shape index (κ1) is 16.1. The summed E-state index contributed by atoms with van der Waals surface area (Å²) in [6.07, 6.45) is 5.76. The van der Waals surface area contributed by atoms with Crippen LogP contribution in [0.5, 0.6) is 0 Å². The van der Waals surface area contributed by atoms with Gasteiger partial charge in [0.2, 0.25) is 5.91 Å². The van der Waals surface area contributed by atoms with E-state index in [1.165, 1.54) is 6.42 Å². The Balaban J connectivity index is 1.52. The minimum Gasteiger partial charge on any atom is -0.335 e. The molecule has 2 aliphatic heterocycles. The first-order valence-electron chi connectivity index (χ1n) is 8.11. The number of benzene rings is 1. The summed E-state index contributed by atoms with van der Waals surface area (Å²) in [6, 6.07) is 6.57. The molecule has 0 radical (unpaired) electrons. The summed E-state index contributed by atoms with van der Waals surface area (Å²) < 4.78 is 0. The lowest BCUT2D eigenvalue weighted by molar-refractivity contribution is -0.133. The number of carbonyl (C=O) groups excluding carboxylic acids is 1. The molecule has 1 N–H and O–H groups in total. The molecule has 0 aromatic heterocycles. The van der Waals surface area contributed by atoms with Gasteiger partial charge in [-0.3, -0.25) is 4.79 Å². The van der Waals surface area contributed by atoms with Crippen LogP contribution in [0.3, 0.4) is 0 Å². The molecule has 1 aromatic rings. The molecule has 0 aliphatic carbocycles. The number of amides is 1. The van der Waals surface area contributed by atoms with Gasteiger partial charge in [0.25, 0.3) is 0 Å². The lowest BCUT2D eigenvalue weighted by Gasteiger charge is -2.28. The van der Waals surface area contributed by atoms with Gasteiger partial charge in [0.05, 0.1) is 10.0 Å². The Hall–Kier alpha value is -0.770. The summed E-state index contributed by atoms with van der Waals surface area (Å²) in [5, 5.41) is 4.60. The highest BCUT2D eigenvalue weighted by Crippen LogP contribution is 2.29. The average molecular weight is 341 g/mol. The van der Waals surface area contributed by atoms with E-state index in [-0.39, 0.29) is 0 Å². The van der Waals surface area contributed by atoms with Crippen molar-refractivity contribution < 1.29 is 4.79 Å². The van der Waals surface area contributed by atoms with Gasteiger partial charge in [-0.1, -0.05) is 29.3 Å². The fraction of sp³-hybridized carbons (Fsp3) is 0.588. The van der Waals surface area contributed by atoms with Crippen molar-refractivity contribution in [3.63, 3.8) is 0 Å². The molecule has 0 saturated carbocycles. The summed E-state index contributed by atoms with van der Waals surface area (Å²) >= 11 is 12.0. The van der Waals surface area contributed by atoms with E-state index in [1.807, 2.05) is 18.2 Å². The Morgan fingerprint density at radius 2 is 2.00 bits per heavy atom. The summed E-state index contributed by atoms with van der Waals surface area (Å²) in [5.41, 5.74) is 1.14. The molecule has 2 heterocycles. The van der Waals surface area contributed by atoms with Gasteiger partial charge in [-0.05, 0) is 56.3 Å². The second-order valence-electron chi connectivity index (χ2n) is 6.28. The lowest BCUT2D eigenvalue weighted by atomic mass is 10.1. The fourth-order valence-electron chi connectivity index (χ4n) is 3.66. The minimum atomic E-state index is 0.316. The number of hydrogen-bond donors (Lipinski definition) is 1. The smallest absolute Gasteiger partial charge is 0.223 e. The van der Waals surface area contributed by atoms with Crippen LogP contribution in [0.4, 0.5) is 0 Å². The maximum Gasteiger partial charge on any atom is 0.223 e. The van der Waals surface area contributed by atoms with Crippen molar-refractivity contribution in [1.82, 2.24) is 10.2 Å². The Morgan fingerprint density at radius 3 is 2.82 bits per heavy atom. The zero-order valence-electron chi connectivity index (χ0n) is 12.7. The van der Waals surface area contributed by atoms with Gasteiger partial charge < -0.3 is 10.2 Å². The zero-order chi connectivity index (χ0) is 15.5. The molecule has 3 rings (SSSR count). The molecule has 2 bridgehead atoms. The van der Waals surface area contributed by atoms with E-state index in [0.717, 1.165) is 44.3 Å². The highest BCUT2D eigenvalue weighted by atomic mass is 35.5. The van der Waals surface area contributed by atoms with E-state index >= 15 is 0 Å². The van der Waals surface area contributed by atoms with Crippen molar-refractivity contribution in [1.29, 1.82) is 0 Å². The number of rotatable bonds is 4. The van der Waals surface area contributed by atoms with Gasteiger partial charge in [0.1, 0.15) is 0 Å². The summed E-state index contributed by atoms with van der Waals surface area (Å²) in [4.78, 5) is 14.7. The molecule has 2 unspecified atom stereocenters. The Morgan fingerprint density at radius 1 is 1.18 bits per heavy atom. The molecule has 120 valence electrons. The Labute approximate surface area is 142 Å². The summed E-state index contributed by atoms with van der Waals surface area (Å²) in [7, 11) is 0. The molecular weight excluding hydrogens is 319 g/mol. The summed E-state index contributed by atoms with van der Waals surface area (Å²) in [6.45, 7) is 1.99. The minimum absolute atomic E-state index is 0.316. The molecule has 2 saturated heterocycles. The van der Waals surface area contributed by atoms with E-state index in [4.69, 9.17) is 23.2 Å². The number of nitrogens with zero attached hydrogens (tertiary/aromatic N) is 1. The van der Waals surface area contributed by atoms with Gasteiger partial charge in [-0.15, -0.1) is 0 Å². The zero-order valence-corrected chi connectivity index (χ0v) is 14.2. The highest BCUT2D eigenvalue weighted by molar-refractivity contribution is 6.42. The third-order valence-electron chi connectivity index (χ3n) is 4.78. The Bertz CT molecular complexity index is 535. The predicted molar refractivity (Wildman–Crippen MR) is 90.5 cm³/mol. The average Bonchev–Trinajstić information content (AvgIpc) is 2.76. The number of carbonyl (C=O) groups is 1. The van der Waals surface area contributed by atoms with Crippen LogP contribution in [0.15, 0.2) is 18.2 Å². The number of halogens is 2. The second kappa shape index (κ2) is 7.20. The lowest BCUT2D eigenvalue weighted by Crippen LogP contribution is -2.42. The van der Waals surface area contributed by atoms with Gasteiger partial charge in [0, 0.05) is 25.0 Å². The predicted octanol–water partition coefficient (Wildman–Crippen LogP) is 3.67. The molecule has 2 fully saturated rings. The van der Waals surface area contributed by atoms with E-state index < -0.39 is 0 Å². The fourth-order valence-corrected chi connectivity index (χ4v) is 3.98. The standard InChI is InChI=1S/C17H22Cl2N2O/c18-15-7-4-12(10-16(15)19)2-1-3-17(22)21-13-5-6-14(21)11-20-9-8-13/h4,7,10,13-14,20H,1-3,5-6,8-9,11H2. The molecule has 1 amide bonds. The van der Waals surface area contributed by atoms with Crippen LogP contribution in [-0.4, -0.2) is 36.0 Å². The maximum atomic E-state index is 12.6. The van der Waals surface area contributed by atoms with Crippen molar-refractivity contribution in [2.24, 2.45) is 0 Å². The number of aryl methyl sites for hydroxylation is 1. The topological polar surface area (TPSA) is 32.3 Å². The van der Waals surface area contributed by atoms with Crippen molar-refractivity contribution in [2.45, 2.75) is 50.6 Å². The van der Waals surface area contributed by atoms with Crippen molar-refractivity contribution >= 4 is 29.1 Å². The van der Waals surface area contributed by atoms with E-state index in [1.54, 1.807) is 0 Å². The molecule has 1 aromatic carbocycles. The van der Waals surface area contributed by atoms with Gasteiger partial charge >= 0.3 is 0 Å². The van der Waals surface area contributed by atoms with E-state index in [0.29, 0.717) is 34.5 Å². The molecular formula is C17H22Cl2N2O. The van der Waals surface area contributed by atoms with Crippen molar-refractivity contribution in [3.8, 4) is 0 Å². The normalized spacial score (nSPS) is 24.4. The van der Waals surface area contributed by atoms with Crippen LogP contribution in [0.25, 0.3) is 0 Å². The second-order valence-corrected chi connectivity index (χ2v) is 7.10. The van der Waals surface area contributed by atoms with Gasteiger partial charge in [0.15, 0.2) is 0 Å². The monoisotopic (exact) mass is 340 g/mol. The summed E-state index contributed by atoms with van der Waals surface area (Å²) in [5.74, 6) is 0.316. The van der Waals surface area contributed by atoms with E-state index in [9.17, 15) is 4.79 Å². The maximum absolute atomic E-state index is 12.6. The molecule has 22 heavy (non-hydrogen) atoms. The third-order valence-corrected chi connectivity index (χ3v) is 5.52.